The molecule has 5 heteroatoms. The fraction of sp³-hybridized carbons (Fsp3) is 0.500. The van der Waals surface area contributed by atoms with Crippen LogP contribution in [0, 0.1) is 0 Å². The lowest BCUT2D eigenvalue weighted by Crippen LogP contribution is -2.20. The van der Waals surface area contributed by atoms with Gasteiger partial charge in [-0.1, -0.05) is 22.9 Å². The molecule has 0 aliphatic heterocycles. The van der Waals surface area contributed by atoms with Crippen LogP contribution in [0.25, 0.3) is 0 Å². The highest BCUT2D eigenvalue weighted by Crippen LogP contribution is 2.22. The molecule has 0 fully saturated rings. The van der Waals surface area contributed by atoms with Gasteiger partial charge in [-0.25, -0.2) is 0 Å². The van der Waals surface area contributed by atoms with E-state index in [2.05, 4.69) is 21.2 Å². The average molecular weight is 320 g/mol. The number of halogens is 1. The van der Waals surface area contributed by atoms with Crippen LogP contribution in [0.5, 0.6) is 5.75 Å². The largest absolute Gasteiger partial charge is 0.497 e. The Morgan fingerprint density at radius 1 is 1.47 bits per heavy atom. The van der Waals surface area contributed by atoms with E-state index < -0.39 is 10.8 Å². The molecule has 1 unspecified atom stereocenters. The number of ether oxygens (including phenoxy) is 1. The van der Waals surface area contributed by atoms with E-state index in [0.717, 1.165) is 34.6 Å². The highest BCUT2D eigenvalue weighted by atomic mass is 79.9. The molecule has 0 bridgehead atoms. The van der Waals surface area contributed by atoms with E-state index in [9.17, 15) is 4.21 Å². The molecule has 1 atom stereocenters. The summed E-state index contributed by atoms with van der Waals surface area (Å²) in [5.41, 5.74) is 1.15. The maximum atomic E-state index is 11.2. The van der Waals surface area contributed by atoms with Gasteiger partial charge in [0.05, 0.1) is 7.11 Å². The predicted octanol–water partition coefficient (Wildman–Crippen LogP) is 2.32. The van der Waals surface area contributed by atoms with Crippen LogP contribution in [0.2, 0.25) is 0 Å². The van der Waals surface area contributed by atoms with Crippen molar-refractivity contribution >= 4 is 26.7 Å². The van der Waals surface area contributed by atoms with Gasteiger partial charge in [-0.2, -0.15) is 0 Å². The highest BCUT2D eigenvalue weighted by molar-refractivity contribution is 9.10. The van der Waals surface area contributed by atoms with Crippen LogP contribution in [-0.4, -0.2) is 29.4 Å². The minimum Gasteiger partial charge on any atom is -0.497 e. The van der Waals surface area contributed by atoms with Gasteiger partial charge in [0, 0.05) is 39.9 Å². The van der Waals surface area contributed by atoms with Crippen molar-refractivity contribution in [2.24, 2.45) is 0 Å². The molecule has 3 nitrogen and oxygen atoms in total. The van der Waals surface area contributed by atoms with Crippen molar-refractivity contribution in [1.29, 1.82) is 0 Å². The van der Waals surface area contributed by atoms with Gasteiger partial charge in [0.15, 0.2) is 0 Å². The predicted molar refractivity (Wildman–Crippen MR) is 76.0 cm³/mol. The first-order valence-electron chi connectivity index (χ1n) is 5.55. The molecule has 1 aromatic rings. The third-order valence-electron chi connectivity index (χ3n) is 2.40. The van der Waals surface area contributed by atoms with Gasteiger partial charge in [-0.05, 0) is 23.8 Å². The van der Waals surface area contributed by atoms with Gasteiger partial charge < -0.3 is 10.1 Å². The van der Waals surface area contributed by atoms with Crippen LogP contribution >= 0.6 is 15.9 Å². The molecule has 0 aliphatic rings. The third-order valence-corrected chi connectivity index (χ3v) is 4.47. The summed E-state index contributed by atoms with van der Waals surface area (Å²) >= 11 is 3.50. The molecule has 96 valence electrons. The van der Waals surface area contributed by atoms with E-state index in [0.29, 0.717) is 5.75 Å². The minimum absolute atomic E-state index is 0.695. The number of hydrogen-bond donors (Lipinski definition) is 1. The molecule has 0 saturated heterocycles. The monoisotopic (exact) mass is 319 g/mol. The first-order valence-corrected chi connectivity index (χ1v) is 7.83. The Bertz CT molecular complexity index is 385. The van der Waals surface area contributed by atoms with Gasteiger partial charge in [-0.3, -0.25) is 4.21 Å². The van der Waals surface area contributed by atoms with Crippen LogP contribution in [0.15, 0.2) is 22.7 Å². The van der Waals surface area contributed by atoms with Gasteiger partial charge >= 0.3 is 0 Å². The number of methoxy groups -OCH3 is 1. The zero-order valence-corrected chi connectivity index (χ0v) is 12.6. The topological polar surface area (TPSA) is 38.3 Å². The molecule has 0 radical (unpaired) electrons. The lowest BCUT2D eigenvalue weighted by Gasteiger charge is -2.08. The van der Waals surface area contributed by atoms with E-state index in [4.69, 9.17) is 4.74 Å². The quantitative estimate of drug-likeness (QED) is 0.784. The minimum atomic E-state index is -0.695. The Kier molecular flexibility index (Phi) is 6.77. The zero-order chi connectivity index (χ0) is 12.7. The molecule has 0 amide bonds. The summed E-state index contributed by atoms with van der Waals surface area (Å²) in [5, 5.41) is 3.28. The maximum Gasteiger partial charge on any atom is 0.119 e. The molecular weight excluding hydrogens is 302 g/mol. The summed E-state index contributed by atoms with van der Waals surface area (Å²) in [7, 11) is 0.962. The molecule has 1 aromatic carbocycles. The third kappa shape index (κ3) is 5.19. The van der Waals surface area contributed by atoms with Gasteiger partial charge in [0.2, 0.25) is 0 Å². The number of benzene rings is 1. The molecule has 0 heterocycles. The Hall–Kier alpha value is -0.390. The summed E-state index contributed by atoms with van der Waals surface area (Å²) in [4.78, 5) is 0. The standard InChI is InChI=1S/C12H18BrNO2S/c1-3-17(15)7-6-14-9-10-8-11(16-2)4-5-12(10)13/h4-5,8,14H,3,6-7,9H2,1-2H3. The SMILES string of the molecule is CCS(=O)CCNCc1cc(OC)ccc1Br. The van der Waals surface area contributed by atoms with E-state index in [-0.39, 0.29) is 0 Å². The van der Waals surface area contributed by atoms with Crippen molar-refractivity contribution in [3.05, 3.63) is 28.2 Å². The summed E-state index contributed by atoms with van der Waals surface area (Å²) in [6.07, 6.45) is 0. The fourth-order valence-electron chi connectivity index (χ4n) is 1.37. The summed E-state index contributed by atoms with van der Waals surface area (Å²) in [6.45, 7) is 3.46. The summed E-state index contributed by atoms with van der Waals surface area (Å²) in [6, 6.07) is 5.88. The smallest absolute Gasteiger partial charge is 0.119 e. The van der Waals surface area contributed by atoms with Crippen LogP contribution in [0.1, 0.15) is 12.5 Å². The molecule has 0 aromatic heterocycles. The first-order chi connectivity index (χ1) is 8.17. The summed E-state index contributed by atoms with van der Waals surface area (Å²) < 4.78 is 17.5. The lowest BCUT2D eigenvalue weighted by molar-refractivity contribution is 0.414. The van der Waals surface area contributed by atoms with Crippen molar-refractivity contribution in [1.82, 2.24) is 5.32 Å². The van der Waals surface area contributed by atoms with Gasteiger partial charge in [0.1, 0.15) is 5.75 Å². The highest BCUT2D eigenvalue weighted by Gasteiger charge is 2.02. The van der Waals surface area contributed by atoms with Crippen molar-refractivity contribution in [3.8, 4) is 5.75 Å². The van der Waals surface area contributed by atoms with Gasteiger partial charge in [-0.15, -0.1) is 0 Å². The fourth-order valence-corrected chi connectivity index (χ4v) is 2.41. The maximum absolute atomic E-state index is 11.2. The second kappa shape index (κ2) is 7.84. The van der Waals surface area contributed by atoms with Crippen LogP contribution in [-0.2, 0) is 17.3 Å². The second-order valence-electron chi connectivity index (χ2n) is 3.57. The molecule has 0 spiro atoms. The van der Waals surface area contributed by atoms with E-state index in [1.54, 1.807) is 7.11 Å². The van der Waals surface area contributed by atoms with E-state index >= 15 is 0 Å². The molecule has 17 heavy (non-hydrogen) atoms. The van der Waals surface area contributed by atoms with Crippen LogP contribution in [0.3, 0.4) is 0 Å². The van der Waals surface area contributed by atoms with Crippen molar-refractivity contribution < 1.29 is 8.95 Å². The van der Waals surface area contributed by atoms with E-state index in [1.165, 1.54) is 0 Å². The Morgan fingerprint density at radius 2 is 2.24 bits per heavy atom. The Labute approximate surface area is 114 Å². The average Bonchev–Trinajstić information content (AvgIpc) is 2.36. The van der Waals surface area contributed by atoms with Crippen molar-refractivity contribution in [2.75, 3.05) is 25.2 Å². The first kappa shape index (κ1) is 14.7. The number of nitrogens with one attached hydrogen (secondary N) is 1. The Balaban J connectivity index is 2.43. The van der Waals surface area contributed by atoms with Crippen molar-refractivity contribution in [2.45, 2.75) is 13.5 Å². The van der Waals surface area contributed by atoms with Crippen LogP contribution in [0.4, 0.5) is 0 Å². The van der Waals surface area contributed by atoms with E-state index in [1.807, 2.05) is 25.1 Å². The number of rotatable bonds is 7. The van der Waals surface area contributed by atoms with Gasteiger partial charge in [0.25, 0.3) is 0 Å². The zero-order valence-electron chi connectivity index (χ0n) is 10.2. The molecule has 1 N–H and O–H groups in total. The second-order valence-corrected chi connectivity index (χ2v) is 6.29. The molecule has 0 aliphatic carbocycles. The molecule has 1 rings (SSSR count). The Morgan fingerprint density at radius 3 is 2.88 bits per heavy atom. The van der Waals surface area contributed by atoms with Crippen LogP contribution < -0.4 is 10.1 Å². The summed E-state index contributed by atoms with van der Waals surface area (Å²) in [5.74, 6) is 2.28. The lowest BCUT2D eigenvalue weighted by atomic mass is 10.2. The van der Waals surface area contributed by atoms with Crippen molar-refractivity contribution in [3.63, 3.8) is 0 Å². The number of hydrogen-bond acceptors (Lipinski definition) is 3. The molecular formula is C12H18BrNO2S. The normalized spacial score (nSPS) is 12.4. The molecule has 0 saturated carbocycles.